The van der Waals surface area contributed by atoms with Gasteiger partial charge in [-0.2, -0.15) is 5.10 Å². The molecule has 2 atom stereocenters. The summed E-state index contributed by atoms with van der Waals surface area (Å²) >= 11 is 0. The molecule has 2 aliphatic rings. The Bertz CT molecular complexity index is 1300. The number of aromatic nitrogens is 3. The summed E-state index contributed by atoms with van der Waals surface area (Å²) in [5.41, 5.74) is 4.63. The van der Waals surface area contributed by atoms with Crippen LogP contribution in [0, 0.1) is 0 Å². The molecule has 0 spiro atoms. The van der Waals surface area contributed by atoms with E-state index >= 15 is 0 Å². The highest BCUT2D eigenvalue weighted by molar-refractivity contribution is 7.75. The predicted molar refractivity (Wildman–Crippen MR) is 120 cm³/mol. The number of nitrogens with one attached hydrogen (secondary N) is 1. The highest BCUT2D eigenvalue weighted by Gasteiger charge is 2.28. The van der Waals surface area contributed by atoms with Gasteiger partial charge in [0, 0.05) is 30.8 Å². The van der Waals surface area contributed by atoms with E-state index in [0.29, 0.717) is 41.4 Å². The van der Waals surface area contributed by atoms with E-state index in [4.69, 9.17) is 9.47 Å². The summed E-state index contributed by atoms with van der Waals surface area (Å²) in [5.74, 6) is 1.21. The number of rotatable bonds is 4. The average Bonchev–Trinajstić information content (AvgIpc) is 3.22. The molecule has 1 aliphatic heterocycles. The van der Waals surface area contributed by atoms with Crippen LogP contribution in [0.25, 0.3) is 11.1 Å². The summed E-state index contributed by atoms with van der Waals surface area (Å²) in [5, 5.41) is 7.07. The Hall–Kier alpha value is -3.40. The molecule has 1 aromatic carbocycles. The first-order valence-corrected chi connectivity index (χ1v) is 11.6. The molecule has 1 N–H and O–H groups in total. The van der Waals surface area contributed by atoms with Gasteiger partial charge in [-0.25, -0.2) is 18.7 Å². The standard InChI is InChI=1S/C22H23N5O4S/c1-13-10-15-4-5-16(14-6-7-23-18(11-14)30-2)20(19(13)15)25-22(28)26-32(29)17-12-24-27-8-3-9-31-21(17)27/h4-7,11-13,32H,3,8-10H2,1-2H3,(H,25,28)/t13-/m0/s1. The molecule has 9 nitrogen and oxygen atoms in total. The van der Waals surface area contributed by atoms with Gasteiger partial charge in [-0.05, 0) is 35.1 Å². The van der Waals surface area contributed by atoms with Crippen molar-refractivity contribution in [2.45, 2.75) is 37.1 Å². The lowest BCUT2D eigenvalue weighted by Crippen LogP contribution is -2.20. The van der Waals surface area contributed by atoms with Crippen molar-refractivity contribution < 1.29 is 18.5 Å². The zero-order chi connectivity index (χ0) is 22.2. The van der Waals surface area contributed by atoms with E-state index in [1.807, 2.05) is 18.2 Å². The lowest BCUT2D eigenvalue weighted by Gasteiger charge is -2.31. The quantitative estimate of drug-likeness (QED) is 0.584. The number of benzene rings is 1. The third kappa shape index (κ3) is 3.60. The lowest BCUT2D eigenvalue weighted by molar-refractivity contribution is 0.225. The second kappa shape index (κ2) is 8.27. The van der Waals surface area contributed by atoms with Gasteiger partial charge >= 0.3 is 6.03 Å². The van der Waals surface area contributed by atoms with Gasteiger partial charge in [0.05, 0.1) is 36.2 Å². The number of nitrogens with zero attached hydrogens (tertiary/aromatic N) is 4. The number of aryl methyl sites for hydroxylation is 1. The SMILES string of the molecule is COc1cc(-c2ccc3c(c2NC(=O)N=[SH](=O)c2cnn4c2OCCC4)[C@@H](C)C3)ccn1. The van der Waals surface area contributed by atoms with Crippen molar-refractivity contribution in [3.05, 3.63) is 47.8 Å². The van der Waals surface area contributed by atoms with Crippen LogP contribution in [0.1, 0.15) is 30.4 Å². The molecular formula is C22H23N5O4S. The Labute approximate surface area is 187 Å². The van der Waals surface area contributed by atoms with Crippen LogP contribution >= 0.6 is 0 Å². The topological polar surface area (TPSA) is 108 Å². The van der Waals surface area contributed by atoms with Crippen molar-refractivity contribution in [2.24, 2.45) is 4.36 Å². The molecular weight excluding hydrogens is 430 g/mol. The summed E-state index contributed by atoms with van der Waals surface area (Å²) < 4.78 is 29.2. The minimum absolute atomic E-state index is 0.300. The minimum Gasteiger partial charge on any atom is -0.481 e. The number of hydrogen-bond acceptors (Lipinski definition) is 6. The van der Waals surface area contributed by atoms with E-state index < -0.39 is 16.6 Å². The molecule has 10 heteroatoms. The van der Waals surface area contributed by atoms with Gasteiger partial charge in [-0.15, -0.1) is 4.36 Å². The molecule has 2 amide bonds. The van der Waals surface area contributed by atoms with Crippen LogP contribution in [-0.4, -0.2) is 38.7 Å². The van der Waals surface area contributed by atoms with Crippen molar-refractivity contribution in [3.8, 4) is 22.9 Å². The normalized spacial score (nSPS) is 17.5. The molecule has 166 valence electrons. The molecule has 0 fully saturated rings. The number of carbonyl (C=O) groups excluding carboxylic acids is 1. The minimum atomic E-state index is -2.35. The van der Waals surface area contributed by atoms with Gasteiger partial charge in [-0.3, -0.25) is 0 Å². The number of amides is 2. The molecule has 32 heavy (non-hydrogen) atoms. The van der Waals surface area contributed by atoms with E-state index in [0.717, 1.165) is 29.5 Å². The highest BCUT2D eigenvalue weighted by atomic mass is 32.2. The van der Waals surface area contributed by atoms with Crippen molar-refractivity contribution in [1.82, 2.24) is 14.8 Å². The Morgan fingerprint density at radius 3 is 3.06 bits per heavy atom. The summed E-state index contributed by atoms with van der Waals surface area (Å²) in [6.07, 6.45) is 4.90. The fourth-order valence-corrected chi connectivity index (χ4v) is 5.04. The zero-order valence-corrected chi connectivity index (χ0v) is 18.6. The molecule has 0 bridgehead atoms. The lowest BCUT2D eigenvalue weighted by atomic mass is 9.76. The fourth-order valence-electron chi connectivity index (χ4n) is 4.22. The third-order valence-electron chi connectivity index (χ3n) is 5.76. The van der Waals surface area contributed by atoms with Gasteiger partial charge in [0.2, 0.25) is 11.8 Å². The molecule has 0 saturated heterocycles. The number of hydrogen-bond donors (Lipinski definition) is 2. The second-order valence-corrected chi connectivity index (χ2v) is 9.04. The van der Waals surface area contributed by atoms with Crippen molar-refractivity contribution in [2.75, 3.05) is 19.0 Å². The number of methoxy groups -OCH3 is 1. The average molecular weight is 454 g/mol. The third-order valence-corrected chi connectivity index (χ3v) is 6.84. The first kappa shape index (κ1) is 20.5. The van der Waals surface area contributed by atoms with Gasteiger partial charge < -0.3 is 14.8 Å². The van der Waals surface area contributed by atoms with Gasteiger partial charge in [0.1, 0.15) is 4.90 Å². The van der Waals surface area contributed by atoms with Crippen molar-refractivity contribution >= 4 is 22.3 Å². The largest absolute Gasteiger partial charge is 0.481 e. The van der Waals surface area contributed by atoms with Gasteiger partial charge in [0.25, 0.3) is 0 Å². The highest BCUT2D eigenvalue weighted by Crippen LogP contribution is 2.45. The molecule has 3 aromatic rings. The van der Waals surface area contributed by atoms with E-state index in [9.17, 15) is 9.00 Å². The second-order valence-electron chi connectivity index (χ2n) is 7.82. The Balaban J connectivity index is 1.49. The van der Waals surface area contributed by atoms with Crippen molar-refractivity contribution in [1.29, 1.82) is 0 Å². The number of fused-ring (bicyclic) bond motifs is 2. The van der Waals surface area contributed by atoms with E-state index in [2.05, 4.69) is 32.8 Å². The Morgan fingerprint density at radius 2 is 2.25 bits per heavy atom. The van der Waals surface area contributed by atoms with Crippen LogP contribution in [0.3, 0.4) is 0 Å². The monoisotopic (exact) mass is 453 g/mol. The van der Waals surface area contributed by atoms with Crippen LogP contribution in [-0.2, 0) is 23.6 Å². The number of pyridine rings is 1. The van der Waals surface area contributed by atoms with Gasteiger partial charge in [-0.1, -0.05) is 19.1 Å². The predicted octanol–water partition coefficient (Wildman–Crippen LogP) is 3.65. The van der Waals surface area contributed by atoms with Crippen LogP contribution in [0.15, 0.2) is 45.9 Å². The Kier molecular flexibility index (Phi) is 5.30. The number of ether oxygens (including phenoxy) is 2. The summed E-state index contributed by atoms with van der Waals surface area (Å²) in [4.78, 5) is 17.3. The molecule has 5 rings (SSSR count). The molecule has 0 radical (unpaired) electrons. The van der Waals surface area contributed by atoms with Gasteiger partial charge in [0.15, 0.2) is 0 Å². The fraction of sp³-hybridized carbons (Fsp3) is 0.318. The first-order valence-electron chi connectivity index (χ1n) is 10.4. The van der Waals surface area contributed by atoms with Crippen LogP contribution in [0.4, 0.5) is 10.5 Å². The molecule has 3 heterocycles. The van der Waals surface area contributed by atoms with Crippen LogP contribution in [0.5, 0.6) is 11.8 Å². The Morgan fingerprint density at radius 1 is 1.38 bits per heavy atom. The number of anilines is 1. The van der Waals surface area contributed by atoms with E-state index in [-0.39, 0.29) is 0 Å². The molecule has 2 aromatic heterocycles. The molecule has 1 unspecified atom stereocenters. The first-order chi connectivity index (χ1) is 15.5. The smallest absolute Gasteiger partial charge is 0.353 e. The van der Waals surface area contributed by atoms with Crippen LogP contribution in [0.2, 0.25) is 0 Å². The maximum absolute atomic E-state index is 12.8. The maximum Gasteiger partial charge on any atom is 0.353 e. The zero-order valence-electron chi connectivity index (χ0n) is 17.7. The summed E-state index contributed by atoms with van der Waals surface area (Å²) in [6, 6.07) is 7.04. The van der Waals surface area contributed by atoms with Crippen LogP contribution < -0.4 is 14.8 Å². The maximum atomic E-state index is 12.8. The number of carbonyl (C=O) groups is 1. The summed E-state index contributed by atoms with van der Waals surface area (Å²) in [6.45, 7) is 3.33. The number of urea groups is 1. The van der Waals surface area contributed by atoms with E-state index in [1.165, 1.54) is 11.8 Å². The molecule has 1 aliphatic carbocycles. The van der Waals surface area contributed by atoms with Crippen molar-refractivity contribution in [3.63, 3.8) is 0 Å². The molecule has 0 saturated carbocycles. The number of thiol groups is 1. The van der Waals surface area contributed by atoms with E-state index in [1.54, 1.807) is 18.0 Å². The summed E-state index contributed by atoms with van der Waals surface area (Å²) in [7, 11) is -0.788.